The van der Waals surface area contributed by atoms with E-state index in [1.54, 1.807) is 29.2 Å². The van der Waals surface area contributed by atoms with E-state index in [1.807, 2.05) is 23.1 Å². The van der Waals surface area contributed by atoms with Gasteiger partial charge >= 0.3 is 12.2 Å². The van der Waals surface area contributed by atoms with Crippen LogP contribution in [0.4, 0.5) is 39.5 Å². The normalized spacial score (nSPS) is 20.5. The number of hydrogen-bond donors (Lipinski definition) is 3. The SMILES string of the molecule is O=C(Nc1ccc(N2CCN(C(=O)Nc3ccccc3F)CC2)nc1)C1=C(C(F)(F)F)CCCC(NC2CCN(Cc3ccccc3)C2)O1. The van der Waals surface area contributed by atoms with Crippen molar-refractivity contribution in [3.05, 3.63) is 95.6 Å². The second kappa shape index (κ2) is 15.2. The van der Waals surface area contributed by atoms with Crippen LogP contribution in [0.25, 0.3) is 0 Å². The molecule has 2 saturated heterocycles. The highest BCUT2D eigenvalue weighted by Gasteiger charge is 2.41. The number of carbonyl (C=O) groups is 2. The van der Waals surface area contributed by atoms with E-state index in [9.17, 15) is 27.2 Å². The van der Waals surface area contributed by atoms with E-state index in [2.05, 4.69) is 38.0 Å². The first-order valence-electron chi connectivity index (χ1n) is 16.4. The second-order valence-corrected chi connectivity index (χ2v) is 12.4. The Labute approximate surface area is 282 Å². The zero-order valence-corrected chi connectivity index (χ0v) is 26.9. The average Bonchev–Trinajstić information content (AvgIpc) is 3.40. The molecule has 3 aromatic rings. The van der Waals surface area contributed by atoms with Crippen LogP contribution in [0.15, 0.2) is 84.3 Å². The summed E-state index contributed by atoms with van der Waals surface area (Å²) in [5.74, 6) is -1.65. The van der Waals surface area contributed by atoms with Gasteiger partial charge in [-0.3, -0.25) is 15.0 Å². The van der Waals surface area contributed by atoms with Crippen molar-refractivity contribution in [3.63, 3.8) is 0 Å². The quantitative estimate of drug-likeness (QED) is 0.262. The number of para-hydroxylation sites is 1. The first-order chi connectivity index (χ1) is 23.6. The number of anilines is 3. The zero-order valence-electron chi connectivity index (χ0n) is 26.9. The Morgan fingerprint density at radius 3 is 2.37 bits per heavy atom. The van der Waals surface area contributed by atoms with E-state index in [4.69, 9.17) is 4.74 Å². The lowest BCUT2D eigenvalue weighted by molar-refractivity contribution is -0.121. The van der Waals surface area contributed by atoms with E-state index >= 15 is 0 Å². The van der Waals surface area contributed by atoms with Crippen molar-refractivity contribution >= 4 is 29.1 Å². The molecule has 2 unspecified atom stereocenters. The van der Waals surface area contributed by atoms with Gasteiger partial charge in [-0.15, -0.1) is 0 Å². The molecule has 2 aromatic carbocycles. The molecule has 0 saturated carbocycles. The molecule has 14 heteroatoms. The van der Waals surface area contributed by atoms with E-state index in [0.29, 0.717) is 38.4 Å². The first-order valence-corrected chi connectivity index (χ1v) is 16.4. The molecule has 0 aliphatic carbocycles. The fourth-order valence-corrected chi connectivity index (χ4v) is 6.38. The molecule has 0 bridgehead atoms. The lowest BCUT2D eigenvalue weighted by atomic mass is 10.1. The summed E-state index contributed by atoms with van der Waals surface area (Å²) in [6.07, 6.45) is -3.04. The molecule has 3 amide bonds. The molecule has 0 radical (unpaired) electrons. The van der Waals surface area contributed by atoms with Gasteiger partial charge in [0.05, 0.1) is 23.1 Å². The molecular formula is C35H39F4N7O3. The number of rotatable bonds is 8. The Morgan fingerprint density at radius 1 is 0.898 bits per heavy atom. The molecular weight excluding hydrogens is 642 g/mol. The van der Waals surface area contributed by atoms with Gasteiger partial charge in [-0.05, 0) is 55.5 Å². The number of urea groups is 1. The summed E-state index contributed by atoms with van der Waals surface area (Å²) in [6, 6.07) is 18.8. The van der Waals surface area contributed by atoms with Gasteiger partial charge in [-0.25, -0.2) is 14.2 Å². The molecule has 260 valence electrons. The van der Waals surface area contributed by atoms with E-state index < -0.39 is 41.5 Å². The number of allylic oxidation sites excluding steroid dienone is 1. The predicted molar refractivity (Wildman–Crippen MR) is 177 cm³/mol. The predicted octanol–water partition coefficient (Wildman–Crippen LogP) is 5.72. The maximum Gasteiger partial charge on any atom is 0.416 e. The number of ether oxygens (including phenoxy) is 1. The molecule has 4 heterocycles. The second-order valence-electron chi connectivity index (χ2n) is 12.4. The third-order valence-electron chi connectivity index (χ3n) is 8.93. The summed E-state index contributed by atoms with van der Waals surface area (Å²) in [5, 5.41) is 8.47. The van der Waals surface area contributed by atoms with Crippen molar-refractivity contribution in [2.45, 2.75) is 50.7 Å². The van der Waals surface area contributed by atoms with Gasteiger partial charge in [0.15, 0.2) is 12.0 Å². The van der Waals surface area contributed by atoms with Crippen LogP contribution < -0.4 is 20.9 Å². The van der Waals surface area contributed by atoms with Crippen molar-refractivity contribution in [2.75, 3.05) is 54.8 Å². The highest BCUT2D eigenvalue weighted by molar-refractivity contribution is 6.03. The Morgan fingerprint density at radius 2 is 1.65 bits per heavy atom. The minimum Gasteiger partial charge on any atom is -0.469 e. The molecule has 2 atom stereocenters. The molecule has 3 aliphatic heterocycles. The minimum absolute atomic E-state index is 0.0188. The van der Waals surface area contributed by atoms with Gasteiger partial charge in [-0.2, -0.15) is 13.2 Å². The third-order valence-corrected chi connectivity index (χ3v) is 8.93. The number of pyridine rings is 1. The number of amides is 3. The molecule has 0 spiro atoms. The van der Waals surface area contributed by atoms with Gasteiger partial charge in [0.2, 0.25) is 0 Å². The highest BCUT2D eigenvalue weighted by atomic mass is 19.4. The Hall–Kier alpha value is -4.69. The minimum atomic E-state index is -4.72. The summed E-state index contributed by atoms with van der Waals surface area (Å²) in [4.78, 5) is 36.1. The van der Waals surface area contributed by atoms with Gasteiger partial charge in [0.25, 0.3) is 5.91 Å². The smallest absolute Gasteiger partial charge is 0.416 e. The molecule has 3 aliphatic rings. The lowest BCUT2D eigenvalue weighted by Crippen LogP contribution is -2.50. The number of alkyl halides is 3. The fraction of sp³-hybridized carbons (Fsp3) is 0.400. The van der Waals surface area contributed by atoms with Crippen molar-refractivity contribution in [1.82, 2.24) is 20.1 Å². The molecule has 6 rings (SSSR count). The Bertz CT molecular complexity index is 1630. The maximum atomic E-state index is 14.1. The number of piperazine rings is 1. The van der Waals surface area contributed by atoms with Gasteiger partial charge in [-0.1, -0.05) is 42.5 Å². The number of carbonyl (C=O) groups excluding carboxylic acids is 2. The monoisotopic (exact) mass is 681 g/mol. The van der Waals surface area contributed by atoms with Crippen molar-refractivity contribution in [2.24, 2.45) is 0 Å². The van der Waals surface area contributed by atoms with Gasteiger partial charge in [0, 0.05) is 51.9 Å². The van der Waals surface area contributed by atoms with Crippen molar-refractivity contribution in [1.29, 1.82) is 0 Å². The van der Waals surface area contributed by atoms with Crippen LogP contribution in [0.1, 0.15) is 31.2 Å². The summed E-state index contributed by atoms with van der Waals surface area (Å²) in [7, 11) is 0. The molecule has 49 heavy (non-hydrogen) atoms. The maximum absolute atomic E-state index is 14.1. The van der Waals surface area contributed by atoms with Crippen LogP contribution in [-0.4, -0.2) is 84.4 Å². The van der Waals surface area contributed by atoms with Crippen molar-refractivity contribution < 1.29 is 31.9 Å². The number of aromatic nitrogens is 1. The third kappa shape index (κ3) is 8.86. The summed E-state index contributed by atoms with van der Waals surface area (Å²) < 4.78 is 62.1. The van der Waals surface area contributed by atoms with Crippen LogP contribution in [0, 0.1) is 5.82 Å². The number of likely N-dealkylation sites (tertiary alicyclic amines) is 1. The molecule has 3 N–H and O–H groups in total. The lowest BCUT2D eigenvalue weighted by Gasteiger charge is -2.35. The van der Waals surface area contributed by atoms with Crippen LogP contribution >= 0.6 is 0 Å². The van der Waals surface area contributed by atoms with E-state index in [0.717, 1.165) is 26.1 Å². The Kier molecular flexibility index (Phi) is 10.6. The number of hydrogen-bond acceptors (Lipinski definition) is 7. The number of benzene rings is 2. The van der Waals surface area contributed by atoms with Crippen LogP contribution in [0.5, 0.6) is 0 Å². The van der Waals surface area contributed by atoms with Gasteiger partial charge in [0.1, 0.15) is 11.6 Å². The Balaban J connectivity index is 1.04. The van der Waals surface area contributed by atoms with Crippen LogP contribution in [0.3, 0.4) is 0 Å². The van der Waals surface area contributed by atoms with Crippen molar-refractivity contribution in [3.8, 4) is 0 Å². The van der Waals surface area contributed by atoms with E-state index in [1.165, 1.54) is 23.9 Å². The largest absolute Gasteiger partial charge is 0.469 e. The number of halogens is 4. The summed E-state index contributed by atoms with van der Waals surface area (Å²) >= 11 is 0. The topological polar surface area (TPSA) is 102 Å². The van der Waals surface area contributed by atoms with Gasteiger partial charge < -0.3 is 25.2 Å². The summed E-state index contributed by atoms with van der Waals surface area (Å²) in [5.41, 5.74) is 0.536. The zero-order chi connectivity index (χ0) is 34.4. The highest BCUT2D eigenvalue weighted by Crippen LogP contribution is 2.36. The number of nitrogens with one attached hydrogen (secondary N) is 3. The average molecular weight is 682 g/mol. The van der Waals surface area contributed by atoms with Crippen LogP contribution in [-0.2, 0) is 16.1 Å². The van der Waals surface area contributed by atoms with E-state index in [-0.39, 0.29) is 30.3 Å². The standard InChI is InChI=1S/C35H39F4N7O3/c36-28-10-4-5-11-29(28)43-34(48)46-19-17-45(18-20-46)30-14-13-25(21-40-30)42-33(47)32-27(35(37,38)39)9-6-12-31(49-32)41-26-15-16-44(23-26)22-24-7-2-1-3-8-24/h1-5,7-8,10-11,13-14,21,26,31,41H,6,9,12,15-20,22-23H2,(H,42,47)(H,43,48). The molecule has 1 aromatic heterocycles. The molecule has 2 fully saturated rings. The summed E-state index contributed by atoms with van der Waals surface area (Å²) in [6.45, 7) is 4.00. The fourth-order valence-electron chi connectivity index (χ4n) is 6.38. The molecule has 10 nitrogen and oxygen atoms in total. The number of nitrogens with zero attached hydrogens (tertiary/aromatic N) is 4. The first kappa shape index (κ1) is 34.2. The van der Waals surface area contributed by atoms with Crippen LogP contribution in [0.2, 0.25) is 0 Å².